The molecule has 126 valence electrons. The van der Waals surface area contributed by atoms with E-state index in [4.69, 9.17) is 10.7 Å². The average molecular weight is 319 g/mol. The first kappa shape index (κ1) is 15.9. The second kappa shape index (κ2) is 6.23. The van der Waals surface area contributed by atoms with Crippen molar-refractivity contribution in [3.8, 4) is 0 Å². The highest BCUT2D eigenvalue weighted by Crippen LogP contribution is 2.31. The molecule has 0 spiro atoms. The molecule has 3 rings (SSSR count). The van der Waals surface area contributed by atoms with Gasteiger partial charge in [-0.3, -0.25) is 4.79 Å². The number of likely N-dealkylation sites (N-methyl/N-ethyl adjacent to an activating group) is 1. The lowest BCUT2D eigenvalue weighted by molar-refractivity contribution is -0.129. The number of carbonyl (C=O) groups is 1. The van der Waals surface area contributed by atoms with Crippen LogP contribution in [0.4, 0.5) is 17.3 Å². The molecule has 1 amide bonds. The smallest absolute Gasteiger partial charge is 0.244 e. The first-order valence-corrected chi connectivity index (χ1v) is 8.14. The third-order valence-corrected chi connectivity index (χ3v) is 4.63. The van der Waals surface area contributed by atoms with E-state index >= 15 is 0 Å². The number of aliphatic hydroxyl groups excluding tert-OH is 1. The van der Waals surface area contributed by atoms with Crippen molar-refractivity contribution in [2.24, 2.45) is 0 Å². The van der Waals surface area contributed by atoms with Crippen molar-refractivity contribution >= 4 is 23.2 Å². The summed E-state index contributed by atoms with van der Waals surface area (Å²) in [5.74, 6) is 1.61. The number of anilines is 3. The Hall–Kier alpha value is -2.02. The van der Waals surface area contributed by atoms with Crippen LogP contribution in [0.15, 0.2) is 12.1 Å². The fourth-order valence-electron chi connectivity index (χ4n) is 3.39. The number of pyridine rings is 1. The lowest BCUT2D eigenvalue weighted by atomic mass is 10.2. The van der Waals surface area contributed by atoms with Crippen LogP contribution in [-0.2, 0) is 4.79 Å². The highest BCUT2D eigenvalue weighted by molar-refractivity contribution is 5.85. The van der Waals surface area contributed by atoms with Crippen LogP contribution in [0.5, 0.6) is 0 Å². The molecule has 3 N–H and O–H groups in total. The number of amides is 1. The van der Waals surface area contributed by atoms with Crippen LogP contribution in [0.2, 0.25) is 0 Å². The van der Waals surface area contributed by atoms with Crippen molar-refractivity contribution in [3.63, 3.8) is 0 Å². The maximum Gasteiger partial charge on any atom is 0.244 e. The second-order valence-corrected chi connectivity index (χ2v) is 6.55. The van der Waals surface area contributed by atoms with E-state index in [0.717, 1.165) is 38.2 Å². The van der Waals surface area contributed by atoms with Crippen molar-refractivity contribution in [2.45, 2.75) is 31.4 Å². The van der Waals surface area contributed by atoms with Crippen LogP contribution < -0.4 is 15.5 Å². The lowest BCUT2D eigenvalue weighted by Gasteiger charge is -2.28. The van der Waals surface area contributed by atoms with Gasteiger partial charge in [0, 0.05) is 33.7 Å². The molecule has 1 aromatic rings. The van der Waals surface area contributed by atoms with Gasteiger partial charge in [0.05, 0.1) is 11.8 Å². The SMILES string of the molecule is CN(C)C(=O)C1CCCN1c1ccc(N)c(N2CCC(O)C2)n1. The molecule has 2 unspecified atom stereocenters. The second-order valence-electron chi connectivity index (χ2n) is 6.55. The van der Waals surface area contributed by atoms with Crippen molar-refractivity contribution in [1.82, 2.24) is 9.88 Å². The molecule has 2 saturated heterocycles. The van der Waals surface area contributed by atoms with Crippen LogP contribution >= 0.6 is 0 Å². The maximum absolute atomic E-state index is 12.4. The summed E-state index contributed by atoms with van der Waals surface area (Å²) in [5, 5.41) is 9.74. The lowest BCUT2D eigenvalue weighted by Crippen LogP contribution is -2.43. The van der Waals surface area contributed by atoms with E-state index in [9.17, 15) is 9.90 Å². The summed E-state index contributed by atoms with van der Waals surface area (Å²) < 4.78 is 0. The van der Waals surface area contributed by atoms with Crippen molar-refractivity contribution < 1.29 is 9.90 Å². The fourth-order valence-corrected chi connectivity index (χ4v) is 3.39. The summed E-state index contributed by atoms with van der Waals surface area (Å²) in [4.78, 5) is 22.8. The van der Waals surface area contributed by atoms with Gasteiger partial charge in [-0.15, -0.1) is 0 Å². The predicted molar refractivity (Wildman–Crippen MR) is 90.5 cm³/mol. The molecule has 2 fully saturated rings. The number of rotatable bonds is 3. The normalized spacial score (nSPS) is 24.3. The van der Waals surface area contributed by atoms with E-state index in [0.29, 0.717) is 18.1 Å². The highest BCUT2D eigenvalue weighted by atomic mass is 16.3. The average Bonchev–Trinajstić information content (AvgIpc) is 3.16. The predicted octanol–water partition coefficient (Wildman–Crippen LogP) is 0.292. The monoisotopic (exact) mass is 319 g/mol. The van der Waals surface area contributed by atoms with Crippen LogP contribution in [0.3, 0.4) is 0 Å². The van der Waals surface area contributed by atoms with Gasteiger partial charge in [0.2, 0.25) is 5.91 Å². The number of carbonyl (C=O) groups excluding carboxylic acids is 1. The molecular weight excluding hydrogens is 294 g/mol. The topological polar surface area (TPSA) is 85.9 Å². The third kappa shape index (κ3) is 3.06. The minimum absolute atomic E-state index is 0.110. The summed E-state index contributed by atoms with van der Waals surface area (Å²) in [6.45, 7) is 2.13. The molecule has 0 aromatic carbocycles. The Bertz CT molecular complexity index is 592. The van der Waals surface area contributed by atoms with Crippen molar-refractivity contribution in [3.05, 3.63) is 12.1 Å². The third-order valence-electron chi connectivity index (χ3n) is 4.63. The van der Waals surface area contributed by atoms with E-state index in [1.165, 1.54) is 0 Å². The highest BCUT2D eigenvalue weighted by Gasteiger charge is 2.33. The van der Waals surface area contributed by atoms with E-state index < -0.39 is 0 Å². The van der Waals surface area contributed by atoms with Gasteiger partial charge < -0.3 is 25.5 Å². The Morgan fingerprint density at radius 3 is 2.78 bits per heavy atom. The summed E-state index contributed by atoms with van der Waals surface area (Å²) in [5.41, 5.74) is 6.69. The van der Waals surface area contributed by atoms with Gasteiger partial charge in [0.1, 0.15) is 11.9 Å². The number of aromatic nitrogens is 1. The summed E-state index contributed by atoms with van der Waals surface area (Å²) >= 11 is 0. The Kier molecular flexibility index (Phi) is 4.30. The number of nitrogen functional groups attached to an aromatic ring is 1. The van der Waals surface area contributed by atoms with Crippen molar-refractivity contribution in [2.75, 3.05) is 49.3 Å². The van der Waals surface area contributed by atoms with Gasteiger partial charge in [0.25, 0.3) is 0 Å². The Balaban J connectivity index is 1.86. The Morgan fingerprint density at radius 1 is 1.35 bits per heavy atom. The van der Waals surface area contributed by atoms with E-state index in [-0.39, 0.29) is 18.1 Å². The summed E-state index contributed by atoms with van der Waals surface area (Å²) in [6.07, 6.45) is 2.24. The van der Waals surface area contributed by atoms with Gasteiger partial charge in [-0.1, -0.05) is 0 Å². The van der Waals surface area contributed by atoms with Crippen molar-refractivity contribution in [1.29, 1.82) is 0 Å². The summed E-state index contributed by atoms with van der Waals surface area (Å²) in [6, 6.07) is 3.57. The van der Waals surface area contributed by atoms with Crippen LogP contribution in [0.25, 0.3) is 0 Å². The zero-order valence-electron chi connectivity index (χ0n) is 13.8. The molecule has 2 aliphatic rings. The number of hydrogen-bond acceptors (Lipinski definition) is 6. The van der Waals surface area contributed by atoms with Crippen LogP contribution in [0, 0.1) is 0 Å². The van der Waals surface area contributed by atoms with Crippen LogP contribution in [0.1, 0.15) is 19.3 Å². The number of nitrogens with zero attached hydrogens (tertiary/aromatic N) is 4. The molecule has 1 aromatic heterocycles. The maximum atomic E-state index is 12.4. The molecule has 23 heavy (non-hydrogen) atoms. The van der Waals surface area contributed by atoms with E-state index in [1.54, 1.807) is 19.0 Å². The van der Waals surface area contributed by atoms with Gasteiger partial charge in [0.15, 0.2) is 5.82 Å². The molecule has 3 heterocycles. The minimum Gasteiger partial charge on any atom is -0.396 e. The molecule has 7 heteroatoms. The number of nitrogens with two attached hydrogens (primary N) is 1. The summed E-state index contributed by atoms with van der Waals surface area (Å²) in [7, 11) is 3.57. The first-order valence-electron chi connectivity index (χ1n) is 8.14. The molecule has 0 aliphatic carbocycles. The molecule has 0 bridgehead atoms. The molecule has 7 nitrogen and oxygen atoms in total. The number of aliphatic hydroxyl groups is 1. The molecular formula is C16H25N5O2. The Morgan fingerprint density at radius 2 is 2.13 bits per heavy atom. The zero-order chi connectivity index (χ0) is 16.6. The zero-order valence-corrected chi connectivity index (χ0v) is 13.8. The fraction of sp³-hybridized carbons (Fsp3) is 0.625. The Labute approximate surface area is 136 Å². The quantitative estimate of drug-likeness (QED) is 0.833. The van der Waals surface area contributed by atoms with Gasteiger partial charge in [-0.25, -0.2) is 4.98 Å². The van der Waals surface area contributed by atoms with Gasteiger partial charge in [-0.05, 0) is 31.4 Å². The first-order chi connectivity index (χ1) is 11.0. The van der Waals surface area contributed by atoms with Crippen LogP contribution in [-0.4, -0.2) is 66.8 Å². The number of hydrogen-bond donors (Lipinski definition) is 2. The minimum atomic E-state index is -0.324. The molecule has 2 atom stereocenters. The van der Waals surface area contributed by atoms with Gasteiger partial charge >= 0.3 is 0 Å². The van der Waals surface area contributed by atoms with E-state index in [2.05, 4.69) is 4.90 Å². The van der Waals surface area contributed by atoms with E-state index in [1.807, 2.05) is 17.0 Å². The molecule has 0 saturated carbocycles. The standard InChI is InChI=1S/C16H25N5O2/c1-19(2)16(23)13-4-3-8-21(13)14-6-5-12(17)15(18-14)20-9-7-11(22)10-20/h5-6,11,13,22H,3-4,7-10,17H2,1-2H3. The number of β-amino-alcohol motifs (C(OH)–C–C–N with tert-alkyl or cyclic N) is 1. The largest absolute Gasteiger partial charge is 0.396 e. The molecule has 0 radical (unpaired) electrons. The van der Waals surface area contributed by atoms with Gasteiger partial charge in [-0.2, -0.15) is 0 Å². The molecule has 2 aliphatic heterocycles.